The van der Waals surface area contributed by atoms with Gasteiger partial charge in [0.05, 0.1) is 6.34 Å². The Balaban J connectivity index is 2.49. The molecule has 10 heavy (non-hydrogen) atoms. The molecule has 2 nitrogen and oxygen atoms in total. The highest BCUT2D eigenvalue weighted by molar-refractivity contribution is 5.55. The quantitative estimate of drug-likeness (QED) is 0.538. The van der Waals surface area contributed by atoms with Gasteiger partial charge in [-0.25, -0.2) is 0 Å². The van der Waals surface area contributed by atoms with Crippen LogP contribution in [0, 0.1) is 11.3 Å². The van der Waals surface area contributed by atoms with Gasteiger partial charge in [-0.1, -0.05) is 20.8 Å². The summed E-state index contributed by atoms with van der Waals surface area (Å²) in [5.41, 5.74) is 0.394. The highest BCUT2D eigenvalue weighted by atomic mass is 15.0. The van der Waals surface area contributed by atoms with Gasteiger partial charge in [-0.05, 0) is 5.41 Å². The molecule has 0 bridgehead atoms. The lowest BCUT2D eigenvalue weighted by atomic mass is 9.80. The topological polar surface area (TPSA) is 24.4 Å². The molecule has 0 aromatic heterocycles. The van der Waals surface area contributed by atoms with Crippen molar-refractivity contribution in [2.75, 3.05) is 13.1 Å². The minimum atomic E-state index is 0.394. The molecular weight excluding hydrogens is 124 g/mol. The molecule has 1 rings (SSSR count). The molecule has 0 saturated heterocycles. The van der Waals surface area contributed by atoms with Crippen LogP contribution in [0.1, 0.15) is 20.8 Å². The van der Waals surface area contributed by atoms with Crippen molar-refractivity contribution in [3.8, 4) is 0 Å². The second-order valence-electron chi connectivity index (χ2n) is 3.97. The van der Waals surface area contributed by atoms with Crippen LogP contribution in [-0.2, 0) is 0 Å². The number of hydrogen-bond donors (Lipinski definition) is 1. The van der Waals surface area contributed by atoms with Crippen LogP contribution in [0.2, 0.25) is 0 Å². The maximum absolute atomic E-state index is 4.19. The Morgan fingerprint density at radius 1 is 1.50 bits per heavy atom. The fourth-order valence-electron chi connectivity index (χ4n) is 1.08. The van der Waals surface area contributed by atoms with Gasteiger partial charge in [0, 0.05) is 19.0 Å². The van der Waals surface area contributed by atoms with Crippen molar-refractivity contribution < 1.29 is 0 Å². The highest BCUT2D eigenvalue weighted by Gasteiger charge is 2.24. The third-order valence-electron chi connectivity index (χ3n) is 2.10. The lowest BCUT2D eigenvalue weighted by molar-refractivity contribution is 0.243. The van der Waals surface area contributed by atoms with Gasteiger partial charge < -0.3 is 5.32 Å². The summed E-state index contributed by atoms with van der Waals surface area (Å²) in [4.78, 5) is 4.19. The van der Waals surface area contributed by atoms with Gasteiger partial charge in [0.2, 0.25) is 0 Å². The molecule has 0 saturated carbocycles. The number of aliphatic imine (C=N–C) groups is 1. The summed E-state index contributed by atoms with van der Waals surface area (Å²) in [5, 5.41) is 3.15. The van der Waals surface area contributed by atoms with E-state index in [2.05, 4.69) is 31.1 Å². The third-order valence-corrected chi connectivity index (χ3v) is 2.10. The molecule has 1 N–H and O–H groups in total. The van der Waals surface area contributed by atoms with Crippen molar-refractivity contribution in [1.29, 1.82) is 0 Å². The van der Waals surface area contributed by atoms with E-state index < -0.39 is 0 Å². The summed E-state index contributed by atoms with van der Waals surface area (Å²) >= 11 is 0. The molecule has 1 unspecified atom stereocenters. The molecule has 1 aliphatic rings. The molecule has 0 aromatic carbocycles. The van der Waals surface area contributed by atoms with Crippen LogP contribution in [0.4, 0.5) is 0 Å². The monoisotopic (exact) mass is 140 g/mol. The van der Waals surface area contributed by atoms with E-state index >= 15 is 0 Å². The van der Waals surface area contributed by atoms with Crippen LogP contribution in [0.3, 0.4) is 0 Å². The first-order chi connectivity index (χ1) is 4.61. The van der Waals surface area contributed by atoms with E-state index in [-0.39, 0.29) is 0 Å². The number of nitrogens with one attached hydrogen (secondary N) is 1. The zero-order chi connectivity index (χ0) is 7.61. The predicted molar refractivity (Wildman–Crippen MR) is 44.3 cm³/mol. The summed E-state index contributed by atoms with van der Waals surface area (Å²) in [7, 11) is 0. The second-order valence-corrected chi connectivity index (χ2v) is 3.97. The lowest BCUT2D eigenvalue weighted by Crippen LogP contribution is -2.36. The maximum atomic E-state index is 4.19. The molecule has 0 fully saturated rings. The van der Waals surface area contributed by atoms with Crippen molar-refractivity contribution in [2.45, 2.75) is 20.8 Å². The molecule has 0 aromatic rings. The first kappa shape index (κ1) is 7.58. The van der Waals surface area contributed by atoms with Crippen LogP contribution in [-0.4, -0.2) is 19.4 Å². The fourth-order valence-corrected chi connectivity index (χ4v) is 1.08. The Morgan fingerprint density at radius 3 is 2.50 bits per heavy atom. The maximum Gasteiger partial charge on any atom is 0.0824 e. The van der Waals surface area contributed by atoms with Gasteiger partial charge in [0.15, 0.2) is 0 Å². The van der Waals surface area contributed by atoms with E-state index in [4.69, 9.17) is 0 Å². The first-order valence-electron chi connectivity index (χ1n) is 3.82. The fraction of sp³-hybridized carbons (Fsp3) is 0.875. The molecule has 1 atom stereocenters. The molecule has 0 aliphatic carbocycles. The summed E-state index contributed by atoms with van der Waals surface area (Å²) in [6, 6.07) is 0. The average Bonchev–Trinajstić information content (AvgIpc) is 1.88. The molecular formula is C8H16N2. The summed E-state index contributed by atoms with van der Waals surface area (Å²) in [5.74, 6) is 0.692. The van der Waals surface area contributed by atoms with E-state index in [0.29, 0.717) is 11.3 Å². The van der Waals surface area contributed by atoms with Crippen LogP contribution >= 0.6 is 0 Å². The SMILES string of the molecule is CC(C)(C)C1CN=CNC1. The number of hydrogen-bond acceptors (Lipinski definition) is 2. The normalized spacial score (nSPS) is 26.1. The summed E-state index contributed by atoms with van der Waals surface area (Å²) in [6.45, 7) is 8.85. The van der Waals surface area contributed by atoms with Gasteiger partial charge >= 0.3 is 0 Å². The molecule has 1 heterocycles. The van der Waals surface area contributed by atoms with E-state index in [0.717, 1.165) is 13.1 Å². The first-order valence-corrected chi connectivity index (χ1v) is 3.82. The highest BCUT2D eigenvalue weighted by Crippen LogP contribution is 2.26. The Morgan fingerprint density at radius 2 is 2.20 bits per heavy atom. The van der Waals surface area contributed by atoms with Gasteiger partial charge in [0.25, 0.3) is 0 Å². The smallest absolute Gasteiger partial charge is 0.0824 e. The molecule has 2 heteroatoms. The Hall–Kier alpha value is -0.530. The zero-order valence-electron chi connectivity index (χ0n) is 7.02. The predicted octanol–water partition coefficient (Wildman–Crippen LogP) is 1.28. The van der Waals surface area contributed by atoms with Crippen LogP contribution in [0.15, 0.2) is 4.99 Å². The van der Waals surface area contributed by atoms with Gasteiger partial charge in [-0.15, -0.1) is 0 Å². The van der Waals surface area contributed by atoms with Crippen LogP contribution in [0.5, 0.6) is 0 Å². The minimum Gasteiger partial charge on any atom is -0.376 e. The van der Waals surface area contributed by atoms with E-state index in [1.807, 2.05) is 6.34 Å². The third kappa shape index (κ3) is 1.72. The van der Waals surface area contributed by atoms with Crippen LogP contribution < -0.4 is 5.32 Å². The molecule has 0 amide bonds. The molecule has 0 radical (unpaired) electrons. The Labute approximate surface area is 62.7 Å². The second kappa shape index (κ2) is 2.60. The number of nitrogens with zero attached hydrogens (tertiary/aromatic N) is 1. The van der Waals surface area contributed by atoms with E-state index in [1.165, 1.54) is 0 Å². The summed E-state index contributed by atoms with van der Waals surface area (Å²) in [6.07, 6.45) is 1.81. The molecule has 1 aliphatic heterocycles. The van der Waals surface area contributed by atoms with E-state index in [1.54, 1.807) is 0 Å². The van der Waals surface area contributed by atoms with Gasteiger partial charge in [-0.2, -0.15) is 0 Å². The van der Waals surface area contributed by atoms with Crippen molar-refractivity contribution >= 4 is 6.34 Å². The van der Waals surface area contributed by atoms with Crippen molar-refractivity contribution in [3.63, 3.8) is 0 Å². The van der Waals surface area contributed by atoms with Crippen molar-refractivity contribution in [1.82, 2.24) is 5.32 Å². The van der Waals surface area contributed by atoms with Crippen molar-refractivity contribution in [3.05, 3.63) is 0 Å². The summed E-state index contributed by atoms with van der Waals surface area (Å²) < 4.78 is 0. The average molecular weight is 140 g/mol. The van der Waals surface area contributed by atoms with Gasteiger partial charge in [-0.3, -0.25) is 4.99 Å². The largest absolute Gasteiger partial charge is 0.376 e. The van der Waals surface area contributed by atoms with E-state index in [9.17, 15) is 0 Å². The molecule has 58 valence electrons. The molecule has 0 spiro atoms. The lowest BCUT2D eigenvalue weighted by Gasteiger charge is -2.31. The zero-order valence-corrected chi connectivity index (χ0v) is 7.02. The number of rotatable bonds is 0. The van der Waals surface area contributed by atoms with Crippen molar-refractivity contribution in [2.24, 2.45) is 16.3 Å². The van der Waals surface area contributed by atoms with Gasteiger partial charge in [0.1, 0.15) is 0 Å². The Bertz CT molecular complexity index is 133. The van der Waals surface area contributed by atoms with Crippen LogP contribution in [0.25, 0.3) is 0 Å². The minimum absolute atomic E-state index is 0.394. The standard InChI is InChI=1S/C8H16N2/c1-8(2,3)7-4-9-6-10-5-7/h6-7H,4-5H2,1-3H3,(H,9,10). The Kier molecular flexibility index (Phi) is 1.97.